The Hall–Kier alpha value is -3.28. The number of allylic oxidation sites excluding steroid dienone is 1. The van der Waals surface area contributed by atoms with Gasteiger partial charge in [-0.2, -0.15) is 5.10 Å². The fourth-order valence-corrected chi connectivity index (χ4v) is 1.84. The van der Waals surface area contributed by atoms with Gasteiger partial charge in [0.2, 0.25) is 0 Å². The lowest BCUT2D eigenvalue weighted by molar-refractivity contribution is -0.384. The number of hydrogen-bond acceptors (Lipinski definition) is 4. The van der Waals surface area contributed by atoms with Crippen LogP contribution in [0.25, 0.3) is 6.08 Å². The highest BCUT2D eigenvalue weighted by Crippen LogP contribution is 2.11. The Balaban J connectivity index is 1.95. The van der Waals surface area contributed by atoms with Crippen molar-refractivity contribution in [3.63, 3.8) is 0 Å². The normalized spacial score (nSPS) is 11.4. The van der Waals surface area contributed by atoms with E-state index >= 15 is 0 Å². The van der Waals surface area contributed by atoms with Gasteiger partial charge in [-0.3, -0.25) is 14.9 Å². The minimum absolute atomic E-state index is 0.0632. The summed E-state index contributed by atoms with van der Waals surface area (Å²) in [4.78, 5) is 21.9. The molecule has 1 amide bonds. The van der Waals surface area contributed by atoms with Crippen LogP contribution in [0.4, 0.5) is 5.69 Å². The molecule has 23 heavy (non-hydrogen) atoms. The van der Waals surface area contributed by atoms with Crippen LogP contribution < -0.4 is 5.43 Å². The lowest BCUT2D eigenvalue weighted by Gasteiger charge is -1.99. The van der Waals surface area contributed by atoms with Crippen LogP contribution in [0.15, 0.2) is 65.3 Å². The third-order valence-corrected chi connectivity index (χ3v) is 2.97. The Morgan fingerprint density at radius 2 is 1.78 bits per heavy atom. The Kier molecular flexibility index (Phi) is 5.35. The summed E-state index contributed by atoms with van der Waals surface area (Å²) in [6.07, 6.45) is 3.47. The van der Waals surface area contributed by atoms with Crippen molar-refractivity contribution in [2.45, 2.75) is 6.92 Å². The molecule has 0 saturated heterocycles. The molecule has 0 atom stereocenters. The van der Waals surface area contributed by atoms with Crippen molar-refractivity contribution in [1.29, 1.82) is 0 Å². The molecule has 0 radical (unpaired) electrons. The minimum atomic E-state index is -0.516. The van der Waals surface area contributed by atoms with E-state index in [0.717, 1.165) is 11.1 Å². The highest BCUT2D eigenvalue weighted by Gasteiger charge is 2.08. The summed E-state index contributed by atoms with van der Waals surface area (Å²) in [6, 6.07) is 15.1. The molecule has 6 nitrogen and oxygen atoms in total. The van der Waals surface area contributed by atoms with Gasteiger partial charge in [0.05, 0.1) is 11.1 Å². The van der Waals surface area contributed by atoms with Gasteiger partial charge in [0.25, 0.3) is 11.6 Å². The largest absolute Gasteiger partial charge is 0.271 e. The number of hydrogen-bond donors (Lipinski definition) is 1. The van der Waals surface area contributed by atoms with Crippen LogP contribution in [0, 0.1) is 10.1 Å². The quantitative estimate of drug-likeness (QED) is 0.522. The summed E-state index contributed by atoms with van der Waals surface area (Å²) in [5.74, 6) is -0.427. The molecule has 0 fully saturated rings. The fourth-order valence-electron chi connectivity index (χ4n) is 1.84. The predicted molar refractivity (Wildman–Crippen MR) is 89.1 cm³/mol. The fraction of sp³-hybridized carbons (Fsp3) is 0.0588. The summed E-state index contributed by atoms with van der Waals surface area (Å²) in [5, 5.41) is 14.4. The van der Waals surface area contributed by atoms with Crippen LogP contribution in [0.1, 0.15) is 22.8 Å². The third kappa shape index (κ3) is 4.89. The van der Waals surface area contributed by atoms with Crippen molar-refractivity contribution in [3.8, 4) is 0 Å². The number of amides is 1. The molecule has 0 aliphatic heterocycles. The van der Waals surface area contributed by atoms with E-state index in [9.17, 15) is 14.9 Å². The molecular formula is C17H15N3O3. The molecule has 116 valence electrons. The van der Waals surface area contributed by atoms with Crippen molar-refractivity contribution < 1.29 is 9.72 Å². The molecule has 6 heteroatoms. The maximum atomic E-state index is 11.9. The molecule has 0 spiro atoms. The number of nitrogens with one attached hydrogen (secondary N) is 1. The molecule has 1 N–H and O–H groups in total. The molecule has 2 aromatic carbocycles. The first-order chi connectivity index (χ1) is 11.1. The number of nitro groups is 1. The summed E-state index contributed by atoms with van der Waals surface area (Å²) in [6.45, 7) is 1.87. The molecular weight excluding hydrogens is 294 g/mol. The number of carbonyl (C=O) groups is 1. The van der Waals surface area contributed by atoms with E-state index in [1.54, 1.807) is 0 Å². The molecule has 2 aromatic rings. The molecule has 0 saturated carbocycles. The third-order valence-electron chi connectivity index (χ3n) is 2.97. The van der Waals surface area contributed by atoms with Crippen LogP contribution in [-0.4, -0.2) is 17.0 Å². The van der Waals surface area contributed by atoms with E-state index in [1.165, 1.54) is 30.5 Å². The van der Waals surface area contributed by atoms with Gasteiger partial charge in [0.1, 0.15) is 0 Å². The van der Waals surface area contributed by atoms with Gasteiger partial charge in [0, 0.05) is 17.7 Å². The summed E-state index contributed by atoms with van der Waals surface area (Å²) in [7, 11) is 0. The monoisotopic (exact) mass is 309 g/mol. The van der Waals surface area contributed by atoms with E-state index in [-0.39, 0.29) is 5.69 Å². The highest BCUT2D eigenvalue weighted by atomic mass is 16.6. The Labute approximate surface area is 133 Å². The number of rotatable bonds is 5. The molecule has 0 heterocycles. The van der Waals surface area contributed by atoms with E-state index in [4.69, 9.17) is 0 Å². The van der Waals surface area contributed by atoms with Gasteiger partial charge in [-0.1, -0.05) is 36.4 Å². The smallest absolute Gasteiger partial charge is 0.267 e. The van der Waals surface area contributed by atoms with Crippen LogP contribution in [0.5, 0.6) is 0 Å². The van der Waals surface area contributed by atoms with Crippen LogP contribution in [0.2, 0.25) is 0 Å². The highest BCUT2D eigenvalue weighted by molar-refractivity contribution is 5.95. The summed E-state index contributed by atoms with van der Waals surface area (Å²) < 4.78 is 0. The first-order valence-electron chi connectivity index (χ1n) is 6.87. The van der Waals surface area contributed by atoms with Gasteiger partial charge in [-0.25, -0.2) is 5.43 Å². The second-order valence-corrected chi connectivity index (χ2v) is 4.80. The lowest BCUT2D eigenvalue weighted by Crippen LogP contribution is -2.17. The lowest BCUT2D eigenvalue weighted by atomic mass is 10.1. The molecule has 2 rings (SSSR count). The second-order valence-electron chi connectivity index (χ2n) is 4.80. The first kappa shape index (κ1) is 16.1. The minimum Gasteiger partial charge on any atom is -0.267 e. The zero-order valence-corrected chi connectivity index (χ0v) is 12.5. The van der Waals surface area contributed by atoms with Crippen molar-refractivity contribution >= 4 is 23.9 Å². The van der Waals surface area contributed by atoms with E-state index < -0.39 is 10.8 Å². The summed E-state index contributed by atoms with van der Waals surface area (Å²) in [5.41, 5.74) is 4.54. The van der Waals surface area contributed by atoms with E-state index in [2.05, 4.69) is 10.5 Å². The number of hydrazone groups is 1. The number of carbonyl (C=O) groups excluding carboxylic acids is 1. The van der Waals surface area contributed by atoms with Gasteiger partial charge in [-0.15, -0.1) is 0 Å². The molecule has 0 unspecified atom stereocenters. The van der Waals surface area contributed by atoms with Crippen molar-refractivity contribution in [2.24, 2.45) is 5.10 Å². The molecule has 0 bridgehead atoms. The maximum Gasteiger partial charge on any atom is 0.271 e. The zero-order valence-electron chi connectivity index (χ0n) is 12.5. The molecule has 0 aliphatic carbocycles. The van der Waals surface area contributed by atoms with E-state index in [0.29, 0.717) is 5.56 Å². The summed E-state index contributed by atoms with van der Waals surface area (Å²) >= 11 is 0. The number of nitro benzene ring substituents is 1. The van der Waals surface area contributed by atoms with Crippen LogP contribution in [-0.2, 0) is 0 Å². The zero-order chi connectivity index (χ0) is 16.7. The Morgan fingerprint density at radius 1 is 1.13 bits per heavy atom. The van der Waals surface area contributed by atoms with E-state index in [1.807, 2.05) is 43.3 Å². The molecule has 0 aromatic heterocycles. The van der Waals surface area contributed by atoms with Crippen molar-refractivity contribution in [1.82, 2.24) is 5.43 Å². The van der Waals surface area contributed by atoms with Gasteiger partial charge in [0.15, 0.2) is 0 Å². The maximum absolute atomic E-state index is 11.9. The van der Waals surface area contributed by atoms with Crippen LogP contribution >= 0.6 is 0 Å². The van der Waals surface area contributed by atoms with Crippen molar-refractivity contribution in [3.05, 3.63) is 81.4 Å². The van der Waals surface area contributed by atoms with Crippen LogP contribution in [0.3, 0.4) is 0 Å². The number of non-ortho nitro benzene ring substituents is 1. The standard InChI is InChI=1S/C17H15N3O3/c1-13(11-14-5-3-2-4-6-14)12-18-19-17(21)15-7-9-16(10-8-15)20(22)23/h2-12H,1H3,(H,19,21)/b13-11+,18-12-. The Morgan fingerprint density at radius 3 is 2.39 bits per heavy atom. The van der Waals surface area contributed by atoms with Crippen molar-refractivity contribution in [2.75, 3.05) is 0 Å². The van der Waals surface area contributed by atoms with Gasteiger partial charge >= 0.3 is 0 Å². The number of benzene rings is 2. The predicted octanol–water partition coefficient (Wildman–Crippen LogP) is 3.41. The van der Waals surface area contributed by atoms with Gasteiger partial charge in [-0.05, 0) is 30.2 Å². The Bertz CT molecular complexity index is 750. The SMILES string of the molecule is CC(/C=N\NC(=O)c1ccc([N+](=O)[O-])cc1)=C\c1ccccc1. The number of nitrogens with zero attached hydrogens (tertiary/aromatic N) is 2. The topological polar surface area (TPSA) is 84.6 Å². The first-order valence-corrected chi connectivity index (χ1v) is 6.87. The van der Waals surface area contributed by atoms with Gasteiger partial charge < -0.3 is 0 Å². The average Bonchev–Trinajstić information content (AvgIpc) is 2.55. The average molecular weight is 309 g/mol. The second kappa shape index (κ2) is 7.65. The molecule has 0 aliphatic rings.